The zero-order valence-corrected chi connectivity index (χ0v) is 9.50. The third-order valence-corrected chi connectivity index (χ3v) is 2.91. The van der Waals surface area contributed by atoms with Crippen LogP contribution in [0.5, 0.6) is 0 Å². The molecule has 0 saturated carbocycles. The van der Waals surface area contributed by atoms with Crippen molar-refractivity contribution in [2.75, 3.05) is 5.75 Å². The molecular formula is C11H10N2O2S. The Labute approximate surface area is 97.1 Å². The molecule has 2 rings (SSSR count). The van der Waals surface area contributed by atoms with Gasteiger partial charge in [-0.2, -0.15) is 0 Å². The maximum absolute atomic E-state index is 11.0. The predicted molar refractivity (Wildman–Crippen MR) is 64.5 cm³/mol. The minimum Gasteiger partial charge on any atom is -0.304 e. The summed E-state index contributed by atoms with van der Waals surface area (Å²) >= 11 is 1.20. The van der Waals surface area contributed by atoms with Crippen molar-refractivity contribution < 1.29 is 9.59 Å². The Balaban J connectivity index is 2.16. The first-order valence-corrected chi connectivity index (χ1v) is 5.76. The summed E-state index contributed by atoms with van der Waals surface area (Å²) in [5.74, 6) is 1.27. The molecule has 1 heterocycles. The molecule has 0 atom stereocenters. The van der Waals surface area contributed by atoms with Crippen molar-refractivity contribution in [3.8, 4) is 0 Å². The molecule has 5 heteroatoms. The summed E-state index contributed by atoms with van der Waals surface area (Å²) in [6.45, 7) is 1.52. The molecule has 0 aliphatic carbocycles. The van der Waals surface area contributed by atoms with Gasteiger partial charge in [0.1, 0.15) is 5.84 Å². The van der Waals surface area contributed by atoms with Crippen LogP contribution in [0.1, 0.15) is 17.3 Å². The van der Waals surface area contributed by atoms with Gasteiger partial charge >= 0.3 is 0 Å². The number of amides is 1. The molecule has 4 nitrogen and oxygen atoms in total. The van der Waals surface area contributed by atoms with E-state index in [0.717, 1.165) is 5.69 Å². The van der Waals surface area contributed by atoms with Crippen molar-refractivity contribution in [1.82, 2.24) is 5.32 Å². The Hall–Kier alpha value is -1.62. The molecule has 1 aliphatic rings. The summed E-state index contributed by atoms with van der Waals surface area (Å²) in [6, 6.07) is 6.98. The smallest absolute Gasteiger partial charge is 0.284 e. The summed E-state index contributed by atoms with van der Waals surface area (Å²) in [4.78, 5) is 26.2. The van der Waals surface area contributed by atoms with Gasteiger partial charge < -0.3 is 5.32 Å². The van der Waals surface area contributed by atoms with E-state index in [2.05, 4.69) is 10.3 Å². The minimum absolute atomic E-state index is 0.0314. The second-order valence-corrected chi connectivity index (χ2v) is 4.31. The molecule has 1 aromatic rings. The van der Waals surface area contributed by atoms with Crippen molar-refractivity contribution >= 4 is 34.3 Å². The van der Waals surface area contributed by atoms with Crippen molar-refractivity contribution in [3.63, 3.8) is 0 Å². The molecule has 0 radical (unpaired) electrons. The molecule has 1 N–H and O–H groups in total. The molecule has 0 spiro atoms. The van der Waals surface area contributed by atoms with E-state index in [4.69, 9.17) is 0 Å². The molecule has 82 valence electrons. The van der Waals surface area contributed by atoms with Gasteiger partial charge in [0.2, 0.25) is 0 Å². The van der Waals surface area contributed by atoms with Gasteiger partial charge in [-0.15, -0.1) is 0 Å². The topological polar surface area (TPSA) is 58.5 Å². The van der Waals surface area contributed by atoms with E-state index in [1.807, 2.05) is 0 Å². The Morgan fingerprint density at radius 2 is 2.06 bits per heavy atom. The van der Waals surface area contributed by atoms with Gasteiger partial charge in [0.05, 0.1) is 11.4 Å². The summed E-state index contributed by atoms with van der Waals surface area (Å²) in [5.41, 5.74) is 1.40. The highest BCUT2D eigenvalue weighted by molar-refractivity contribution is 8.14. The molecule has 1 amide bonds. The fourth-order valence-electron chi connectivity index (χ4n) is 1.31. The maximum Gasteiger partial charge on any atom is 0.284 e. The summed E-state index contributed by atoms with van der Waals surface area (Å²) in [5, 5.41) is 2.58. The number of rotatable bonds is 2. The molecule has 0 aromatic heterocycles. The first-order chi connectivity index (χ1) is 7.65. The van der Waals surface area contributed by atoms with Crippen molar-refractivity contribution in [1.29, 1.82) is 0 Å². The molecular weight excluding hydrogens is 224 g/mol. The monoisotopic (exact) mass is 234 g/mol. The number of benzene rings is 1. The van der Waals surface area contributed by atoms with Gasteiger partial charge in [-0.1, -0.05) is 11.8 Å². The number of Topliss-reactive ketones (excluding diaryl/α,β-unsaturated/α-hetero) is 1. The molecule has 0 unspecified atom stereocenters. The van der Waals surface area contributed by atoms with Crippen molar-refractivity contribution in [2.24, 2.45) is 4.99 Å². The highest BCUT2D eigenvalue weighted by Crippen LogP contribution is 2.17. The van der Waals surface area contributed by atoms with Crippen LogP contribution in [0.4, 0.5) is 10.5 Å². The van der Waals surface area contributed by atoms with E-state index >= 15 is 0 Å². The second kappa shape index (κ2) is 4.49. The fourth-order valence-corrected chi connectivity index (χ4v) is 1.91. The van der Waals surface area contributed by atoms with Crippen LogP contribution < -0.4 is 5.32 Å². The standard InChI is InChI=1S/C11H10N2O2S/c1-7(14)8-2-4-9(5-3-8)12-10-6-16-11(15)13-10/h2-5H,6H2,1H3,(H,12,13,15). The zero-order chi connectivity index (χ0) is 11.5. The number of aliphatic imine (C=N–C) groups is 1. The lowest BCUT2D eigenvalue weighted by molar-refractivity contribution is 0.101. The van der Waals surface area contributed by atoms with Crippen LogP contribution in [0.3, 0.4) is 0 Å². The lowest BCUT2D eigenvalue weighted by Crippen LogP contribution is -2.18. The predicted octanol–water partition coefficient (Wildman–Crippen LogP) is 2.38. The molecule has 1 aliphatic heterocycles. The highest BCUT2D eigenvalue weighted by atomic mass is 32.2. The van der Waals surface area contributed by atoms with Gasteiger partial charge in [0, 0.05) is 5.56 Å². The van der Waals surface area contributed by atoms with E-state index in [9.17, 15) is 9.59 Å². The molecule has 0 bridgehead atoms. The van der Waals surface area contributed by atoms with Crippen LogP contribution in [-0.2, 0) is 0 Å². The molecule has 16 heavy (non-hydrogen) atoms. The zero-order valence-electron chi connectivity index (χ0n) is 8.69. The number of ketones is 1. The third kappa shape index (κ3) is 2.49. The average Bonchev–Trinajstić information content (AvgIpc) is 2.65. The second-order valence-electron chi connectivity index (χ2n) is 3.36. The van der Waals surface area contributed by atoms with Crippen LogP contribution in [0, 0.1) is 0 Å². The lowest BCUT2D eigenvalue weighted by atomic mass is 10.1. The SMILES string of the molecule is CC(=O)c1ccc(N=C2CSC(=O)N2)cc1. The van der Waals surface area contributed by atoms with E-state index in [-0.39, 0.29) is 11.0 Å². The number of carbonyl (C=O) groups is 2. The molecule has 1 fully saturated rings. The summed E-state index contributed by atoms with van der Waals surface area (Å²) in [7, 11) is 0. The Morgan fingerprint density at radius 3 is 2.56 bits per heavy atom. The Bertz CT molecular complexity index is 465. The fraction of sp³-hybridized carbons (Fsp3) is 0.182. The molecule has 1 saturated heterocycles. The van der Waals surface area contributed by atoms with Crippen LogP contribution in [0.25, 0.3) is 0 Å². The van der Waals surface area contributed by atoms with Crippen LogP contribution in [0.2, 0.25) is 0 Å². The number of hydrogen-bond donors (Lipinski definition) is 1. The van der Waals surface area contributed by atoms with Crippen molar-refractivity contribution in [2.45, 2.75) is 6.92 Å². The van der Waals surface area contributed by atoms with Crippen LogP contribution >= 0.6 is 11.8 Å². The van der Waals surface area contributed by atoms with Crippen molar-refractivity contribution in [3.05, 3.63) is 29.8 Å². The van der Waals surface area contributed by atoms with E-state index in [1.54, 1.807) is 24.3 Å². The number of amidine groups is 1. The number of hydrogen-bond acceptors (Lipinski definition) is 4. The summed E-state index contributed by atoms with van der Waals surface area (Å²) < 4.78 is 0. The number of thioether (sulfide) groups is 1. The average molecular weight is 234 g/mol. The third-order valence-electron chi connectivity index (χ3n) is 2.12. The number of nitrogens with one attached hydrogen (secondary N) is 1. The van der Waals surface area contributed by atoms with Gasteiger partial charge in [-0.25, -0.2) is 4.99 Å². The van der Waals surface area contributed by atoms with Gasteiger partial charge in [0.15, 0.2) is 5.78 Å². The van der Waals surface area contributed by atoms with Crippen LogP contribution in [-0.4, -0.2) is 22.6 Å². The maximum atomic E-state index is 11.0. The quantitative estimate of drug-likeness (QED) is 0.799. The van der Waals surface area contributed by atoms with Gasteiger partial charge in [-0.05, 0) is 31.2 Å². The number of nitrogens with zero attached hydrogens (tertiary/aromatic N) is 1. The Morgan fingerprint density at radius 1 is 1.38 bits per heavy atom. The number of carbonyl (C=O) groups excluding carboxylic acids is 2. The van der Waals surface area contributed by atoms with E-state index < -0.39 is 0 Å². The van der Waals surface area contributed by atoms with Gasteiger partial charge in [0.25, 0.3) is 5.24 Å². The normalized spacial score (nSPS) is 17.6. The largest absolute Gasteiger partial charge is 0.304 e. The van der Waals surface area contributed by atoms with E-state index in [1.165, 1.54) is 18.7 Å². The minimum atomic E-state index is -0.0703. The Kier molecular flexibility index (Phi) is 3.05. The first kappa shape index (κ1) is 10.9. The van der Waals surface area contributed by atoms with Crippen LogP contribution in [0.15, 0.2) is 29.3 Å². The van der Waals surface area contributed by atoms with E-state index in [0.29, 0.717) is 17.2 Å². The molecule has 1 aromatic carbocycles. The highest BCUT2D eigenvalue weighted by Gasteiger charge is 2.16. The first-order valence-electron chi connectivity index (χ1n) is 4.77. The van der Waals surface area contributed by atoms with Gasteiger partial charge in [-0.3, -0.25) is 9.59 Å². The summed E-state index contributed by atoms with van der Waals surface area (Å²) in [6.07, 6.45) is 0. The lowest BCUT2D eigenvalue weighted by Gasteiger charge is -1.98.